The molecule has 1 aromatic carbocycles. The Morgan fingerprint density at radius 2 is 2.15 bits per heavy atom. The highest BCUT2D eigenvalue weighted by molar-refractivity contribution is 9.10. The highest BCUT2D eigenvalue weighted by Gasteiger charge is 2.00. The number of anilines is 1. The number of benzene rings is 1. The molecule has 3 heteroatoms. The van der Waals surface area contributed by atoms with Gasteiger partial charge in [0.1, 0.15) is 0 Å². The maximum Gasteiger partial charge on any atom is 0.0485 e. The van der Waals surface area contributed by atoms with Crippen molar-refractivity contribution in [3.05, 3.63) is 27.7 Å². The van der Waals surface area contributed by atoms with Crippen LogP contribution < -0.4 is 5.32 Å². The van der Waals surface area contributed by atoms with Gasteiger partial charge >= 0.3 is 0 Å². The average molecular weight is 263 g/mol. The third-order valence-electron chi connectivity index (χ3n) is 1.63. The second kappa shape index (κ2) is 4.87. The van der Waals surface area contributed by atoms with Crippen molar-refractivity contribution in [2.24, 2.45) is 5.92 Å². The van der Waals surface area contributed by atoms with Crippen LogP contribution in [-0.2, 0) is 0 Å². The second-order valence-electron chi connectivity index (χ2n) is 3.40. The van der Waals surface area contributed by atoms with E-state index in [1.165, 1.54) is 0 Å². The normalized spacial score (nSPS) is 10.5. The first kappa shape index (κ1) is 10.9. The third-order valence-corrected chi connectivity index (χ3v) is 2.52. The molecule has 1 rings (SSSR count). The molecular formula is C10H13BrClN. The topological polar surface area (TPSA) is 12.0 Å². The van der Waals surface area contributed by atoms with E-state index in [0.29, 0.717) is 5.92 Å². The molecule has 1 aromatic rings. The minimum atomic E-state index is 0.641. The largest absolute Gasteiger partial charge is 0.384 e. The first-order chi connectivity index (χ1) is 6.09. The molecule has 13 heavy (non-hydrogen) atoms. The molecule has 0 aromatic heterocycles. The molecule has 0 aliphatic carbocycles. The summed E-state index contributed by atoms with van der Waals surface area (Å²) in [6, 6.07) is 5.76. The molecule has 0 atom stereocenters. The van der Waals surface area contributed by atoms with Gasteiger partial charge in [0.15, 0.2) is 0 Å². The van der Waals surface area contributed by atoms with Gasteiger partial charge in [-0.1, -0.05) is 25.4 Å². The van der Waals surface area contributed by atoms with Crippen LogP contribution >= 0.6 is 27.5 Å². The van der Waals surface area contributed by atoms with Crippen LogP contribution in [0.2, 0.25) is 5.02 Å². The molecule has 0 unspecified atom stereocenters. The van der Waals surface area contributed by atoms with Gasteiger partial charge in [-0.15, -0.1) is 0 Å². The smallest absolute Gasteiger partial charge is 0.0485 e. The number of hydrogen-bond donors (Lipinski definition) is 1. The molecule has 0 fully saturated rings. The van der Waals surface area contributed by atoms with E-state index in [0.717, 1.165) is 21.7 Å². The van der Waals surface area contributed by atoms with E-state index >= 15 is 0 Å². The number of hydrogen-bond acceptors (Lipinski definition) is 1. The van der Waals surface area contributed by atoms with Crippen LogP contribution in [0.4, 0.5) is 5.69 Å². The first-order valence-electron chi connectivity index (χ1n) is 4.28. The van der Waals surface area contributed by atoms with Gasteiger partial charge < -0.3 is 5.32 Å². The van der Waals surface area contributed by atoms with Gasteiger partial charge in [0.2, 0.25) is 0 Å². The minimum Gasteiger partial charge on any atom is -0.384 e. The van der Waals surface area contributed by atoms with E-state index in [4.69, 9.17) is 11.6 Å². The molecule has 0 radical (unpaired) electrons. The molecule has 0 saturated carbocycles. The fraction of sp³-hybridized carbons (Fsp3) is 0.400. The molecule has 0 heterocycles. The first-order valence-corrected chi connectivity index (χ1v) is 5.45. The van der Waals surface area contributed by atoms with E-state index in [2.05, 4.69) is 35.1 Å². The second-order valence-corrected chi connectivity index (χ2v) is 4.69. The molecule has 0 aliphatic heterocycles. The average Bonchev–Trinajstić information content (AvgIpc) is 2.02. The fourth-order valence-corrected chi connectivity index (χ4v) is 1.77. The third kappa shape index (κ3) is 3.57. The Morgan fingerprint density at radius 3 is 2.69 bits per heavy atom. The molecule has 1 nitrogen and oxygen atoms in total. The van der Waals surface area contributed by atoms with Crippen LogP contribution in [0.5, 0.6) is 0 Å². The lowest BCUT2D eigenvalue weighted by molar-refractivity contribution is 0.688. The zero-order valence-corrected chi connectivity index (χ0v) is 10.1. The maximum absolute atomic E-state index is 5.82. The zero-order chi connectivity index (χ0) is 9.84. The van der Waals surface area contributed by atoms with E-state index in [1.807, 2.05) is 18.2 Å². The number of halogens is 2. The van der Waals surface area contributed by atoms with Crippen LogP contribution in [0.15, 0.2) is 22.7 Å². The summed E-state index contributed by atoms with van der Waals surface area (Å²) < 4.78 is 1.01. The fourth-order valence-electron chi connectivity index (χ4n) is 0.947. The van der Waals surface area contributed by atoms with Crippen molar-refractivity contribution < 1.29 is 0 Å². The number of nitrogens with one attached hydrogen (secondary N) is 1. The Balaban J connectivity index is 2.67. The Hall–Kier alpha value is -0.210. The zero-order valence-electron chi connectivity index (χ0n) is 7.77. The van der Waals surface area contributed by atoms with Crippen LogP contribution in [0.3, 0.4) is 0 Å². The van der Waals surface area contributed by atoms with Crippen molar-refractivity contribution in [2.45, 2.75) is 13.8 Å². The Morgan fingerprint density at radius 1 is 1.46 bits per heavy atom. The van der Waals surface area contributed by atoms with Gasteiger partial charge in [0, 0.05) is 21.7 Å². The van der Waals surface area contributed by atoms with Gasteiger partial charge in [-0.3, -0.25) is 0 Å². The molecule has 1 N–H and O–H groups in total. The SMILES string of the molecule is CC(C)CNc1ccc(Cl)cc1Br. The van der Waals surface area contributed by atoms with E-state index in [-0.39, 0.29) is 0 Å². The Labute approximate surface area is 92.6 Å². The predicted molar refractivity (Wildman–Crippen MR) is 62.5 cm³/mol. The van der Waals surface area contributed by atoms with Crippen LogP contribution in [0, 0.1) is 5.92 Å². The minimum absolute atomic E-state index is 0.641. The van der Waals surface area contributed by atoms with E-state index < -0.39 is 0 Å². The lowest BCUT2D eigenvalue weighted by Gasteiger charge is -2.10. The summed E-state index contributed by atoms with van der Waals surface area (Å²) in [5.74, 6) is 0.641. The molecular weight excluding hydrogens is 249 g/mol. The summed E-state index contributed by atoms with van der Waals surface area (Å²) in [5.41, 5.74) is 1.10. The van der Waals surface area contributed by atoms with Crippen LogP contribution in [0.25, 0.3) is 0 Å². The molecule has 0 spiro atoms. The quantitative estimate of drug-likeness (QED) is 0.862. The van der Waals surface area contributed by atoms with E-state index in [9.17, 15) is 0 Å². The molecule has 0 bridgehead atoms. The Bertz CT molecular complexity index is 286. The summed E-state index contributed by atoms with van der Waals surface area (Å²) in [6.07, 6.45) is 0. The van der Waals surface area contributed by atoms with E-state index in [1.54, 1.807) is 0 Å². The van der Waals surface area contributed by atoms with Crippen molar-refractivity contribution in [1.82, 2.24) is 0 Å². The Kier molecular flexibility index (Phi) is 4.07. The lowest BCUT2D eigenvalue weighted by atomic mass is 10.2. The van der Waals surface area contributed by atoms with Crippen LogP contribution in [-0.4, -0.2) is 6.54 Å². The molecule has 0 amide bonds. The highest BCUT2D eigenvalue weighted by atomic mass is 79.9. The predicted octanol–water partition coefficient (Wildman–Crippen LogP) is 4.17. The van der Waals surface area contributed by atoms with Crippen LogP contribution in [0.1, 0.15) is 13.8 Å². The van der Waals surface area contributed by atoms with Gasteiger partial charge in [-0.2, -0.15) is 0 Å². The summed E-state index contributed by atoms with van der Waals surface area (Å²) >= 11 is 9.27. The summed E-state index contributed by atoms with van der Waals surface area (Å²) in [5, 5.41) is 4.09. The van der Waals surface area contributed by atoms with Crippen molar-refractivity contribution in [2.75, 3.05) is 11.9 Å². The maximum atomic E-state index is 5.82. The van der Waals surface area contributed by atoms with Crippen molar-refractivity contribution in [3.63, 3.8) is 0 Å². The molecule has 0 aliphatic rings. The summed E-state index contributed by atoms with van der Waals surface area (Å²) in [4.78, 5) is 0. The monoisotopic (exact) mass is 261 g/mol. The van der Waals surface area contributed by atoms with Gasteiger partial charge in [0.05, 0.1) is 0 Å². The summed E-state index contributed by atoms with van der Waals surface area (Å²) in [6.45, 7) is 5.33. The number of rotatable bonds is 3. The van der Waals surface area contributed by atoms with Gasteiger partial charge in [0.25, 0.3) is 0 Å². The standard InChI is InChI=1S/C10H13BrClN/c1-7(2)6-13-10-4-3-8(12)5-9(10)11/h3-5,7,13H,6H2,1-2H3. The van der Waals surface area contributed by atoms with Gasteiger partial charge in [-0.05, 0) is 40.0 Å². The molecule has 72 valence electrons. The summed E-state index contributed by atoms with van der Waals surface area (Å²) in [7, 11) is 0. The van der Waals surface area contributed by atoms with Crippen molar-refractivity contribution >= 4 is 33.2 Å². The molecule has 0 saturated heterocycles. The van der Waals surface area contributed by atoms with Crippen molar-refractivity contribution in [3.8, 4) is 0 Å². The van der Waals surface area contributed by atoms with Gasteiger partial charge in [-0.25, -0.2) is 0 Å². The highest BCUT2D eigenvalue weighted by Crippen LogP contribution is 2.25. The lowest BCUT2D eigenvalue weighted by Crippen LogP contribution is -2.08. The van der Waals surface area contributed by atoms with Crippen molar-refractivity contribution in [1.29, 1.82) is 0 Å².